The van der Waals surface area contributed by atoms with Crippen LogP contribution < -0.4 is 0 Å². The van der Waals surface area contributed by atoms with Crippen molar-refractivity contribution in [3.8, 4) is 6.07 Å². The molecule has 0 unspecified atom stereocenters. The number of rotatable bonds is 2. The molecule has 1 aliphatic carbocycles. The average molecular weight is 183 g/mol. The van der Waals surface area contributed by atoms with Crippen molar-refractivity contribution >= 4 is 8.32 Å². The molecule has 0 radical (unpaired) electrons. The van der Waals surface area contributed by atoms with Gasteiger partial charge in [0.25, 0.3) is 0 Å². The Hall–Kier alpha value is -0.333. The lowest BCUT2D eigenvalue weighted by Crippen LogP contribution is -2.33. The first kappa shape index (κ1) is 9.75. The van der Waals surface area contributed by atoms with Crippen molar-refractivity contribution in [1.82, 2.24) is 0 Å². The van der Waals surface area contributed by atoms with Crippen molar-refractivity contribution in [3.63, 3.8) is 0 Å². The molecule has 68 valence electrons. The Balaban J connectivity index is 2.48. The molecule has 1 fully saturated rings. The summed E-state index contributed by atoms with van der Waals surface area (Å²) in [5, 5.41) is 8.82. The number of nitriles is 1. The first-order valence-electron chi connectivity index (χ1n) is 4.60. The van der Waals surface area contributed by atoms with Crippen molar-refractivity contribution in [2.75, 3.05) is 0 Å². The lowest BCUT2D eigenvalue weighted by molar-refractivity contribution is 0.175. The maximum Gasteiger partial charge on any atom is 0.184 e. The van der Waals surface area contributed by atoms with Crippen molar-refractivity contribution in [2.45, 2.75) is 45.0 Å². The van der Waals surface area contributed by atoms with E-state index in [0.717, 1.165) is 19.3 Å². The first-order chi connectivity index (χ1) is 5.53. The zero-order valence-electron chi connectivity index (χ0n) is 8.13. The second kappa shape index (κ2) is 3.59. The lowest BCUT2D eigenvalue weighted by Gasteiger charge is -2.24. The van der Waals surface area contributed by atoms with E-state index >= 15 is 0 Å². The van der Waals surface area contributed by atoms with E-state index in [2.05, 4.69) is 25.7 Å². The summed E-state index contributed by atoms with van der Waals surface area (Å²) in [7, 11) is -1.43. The summed E-state index contributed by atoms with van der Waals surface area (Å²) in [5.41, 5.74) is 0. The van der Waals surface area contributed by atoms with E-state index in [9.17, 15) is 0 Å². The first-order valence-corrected chi connectivity index (χ1v) is 8.01. The van der Waals surface area contributed by atoms with Gasteiger partial charge in [-0.25, -0.2) is 0 Å². The number of nitrogens with zero attached hydrogens (tertiary/aromatic N) is 1. The van der Waals surface area contributed by atoms with Crippen molar-refractivity contribution in [3.05, 3.63) is 0 Å². The van der Waals surface area contributed by atoms with Crippen LogP contribution in [0.3, 0.4) is 0 Å². The van der Waals surface area contributed by atoms with E-state index < -0.39 is 8.32 Å². The summed E-state index contributed by atoms with van der Waals surface area (Å²) >= 11 is 0. The summed E-state index contributed by atoms with van der Waals surface area (Å²) in [4.78, 5) is 0. The normalized spacial score (nSPS) is 30.2. The van der Waals surface area contributed by atoms with Crippen LogP contribution in [0, 0.1) is 17.2 Å². The molecule has 2 nitrogen and oxygen atoms in total. The molecule has 0 aliphatic heterocycles. The van der Waals surface area contributed by atoms with Gasteiger partial charge < -0.3 is 4.43 Å². The van der Waals surface area contributed by atoms with Crippen molar-refractivity contribution < 1.29 is 4.43 Å². The summed E-state index contributed by atoms with van der Waals surface area (Å²) in [5.74, 6) is 0.164. The van der Waals surface area contributed by atoms with E-state index in [1.165, 1.54) is 0 Å². The van der Waals surface area contributed by atoms with Crippen LogP contribution in [-0.4, -0.2) is 14.4 Å². The highest BCUT2D eigenvalue weighted by Crippen LogP contribution is 2.29. The van der Waals surface area contributed by atoms with E-state index in [-0.39, 0.29) is 12.0 Å². The van der Waals surface area contributed by atoms with Gasteiger partial charge in [0.1, 0.15) is 0 Å². The van der Waals surface area contributed by atoms with Gasteiger partial charge in [-0.15, -0.1) is 0 Å². The van der Waals surface area contributed by atoms with Crippen LogP contribution in [0.1, 0.15) is 19.3 Å². The predicted octanol–water partition coefficient (Wildman–Crippen LogP) is 2.53. The molecule has 0 bridgehead atoms. The molecule has 2 atom stereocenters. The molecular weight excluding hydrogens is 166 g/mol. The molecule has 0 aromatic heterocycles. The fourth-order valence-electron chi connectivity index (χ4n) is 1.67. The third kappa shape index (κ3) is 2.61. The van der Waals surface area contributed by atoms with Gasteiger partial charge in [-0.1, -0.05) is 0 Å². The maximum absolute atomic E-state index is 8.82. The van der Waals surface area contributed by atoms with E-state index in [0.29, 0.717) is 0 Å². The Bertz CT molecular complexity index is 192. The van der Waals surface area contributed by atoms with Gasteiger partial charge in [0.05, 0.1) is 18.1 Å². The quantitative estimate of drug-likeness (QED) is 0.616. The van der Waals surface area contributed by atoms with Gasteiger partial charge in [-0.05, 0) is 38.9 Å². The molecule has 0 aromatic rings. The third-order valence-electron chi connectivity index (χ3n) is 2.12. The van der Waals surface area contributed by atoms with Crippen molar-refractivity contribution in [2.24, 2.45) is 5.92 Å². The van der Waals surface area contributed by atoms with E-state index in [4.69, 9.17) is 9.69 Å². The SMILES string of the molecule is C[Si](C)(C)O[C@@H]1CCC[C@H]1C#N. The minimum absolute atomic E-state index is 0.164. The van der Waals surface area contributed by atoms with Gasteiger partial charge in [-0.3, -0.25) is 0 Å². The predicted molar refractivity (Wildman–Crippen MR) is 51.2 cm³/mol. The molecule has 1 saturated carbocycles. The molecular formula is C9H17NOSi. The van der Waals surface area contributed by atoms with Crippen LogP contribution in [0.5, 0.6) is 0 Å². The zero-order chi connectivity index (χ0) is 9.19. The monoisotopic (exact) mass is 183 g/mol. The maximum atomic E-state index is 8.82. The van der Waals surface area contributed by atoms with Crippen LogP contribution in [0.2, 0.25) is 19.6 Å². The largest absolute Gasteiger partial charge is 0.413 e. The molecule has 0 N–H and O–H groups in total. The minimum atomic E-state index is -1.43. The Kier molecular flexibility index (Phi) is 2.92. The molecule has 1 rings (SSSR count). The molecule has 0 amide bonds. The summed E-state index contributed by atoms with van der Waals surface area (Å²) in [6, 6.07) is 2.33. The van der Waals surface area contributed by atoms with Crippen LogP contribution in [0.25, 0.3) is 0 Å². The third-order valence-corrected chi connectivity index (χ3v) is 3.13. The molecule has 0 aromatic carbocycles. The van der Waals surface area contributed by atoms with Crippen LogP contribution in [0.4, 0.5) is 0 Å². The van der Waals surface area contributed by atoms with Crippen LogP contribution in [0.15, 0.2) is 0 Å². The van der Waals surface area contributed by atoms with Gasteiger partial charge in [-0.2, -0.15) is 5.26 Å². The molecule has 0 spiro atoms. The highest BCUT2D eigenvalue weighted by atomic mass is 28.4. The second-order valence-electron chi connectivity index (χ2n) is 4.44. The van der Waals surface area contributed by atoms with Gasteiger partial charge >= 0.3 is 0 Å². The minimum Gasteiger partial charge on any atom is -0.413 e. The van der Waals surface area contributed by atoms with Gasteiger partial charge in [0.2, 0.25) is 0 Å². The molecule has 0 saturated heterocycles. The Labute approximate surface area is 75.7 Å². The average Bonchev–Trinajstić information content (AvgIpc) is 2.31. The molecule has 1 aliphatic rings. The van der Waals surface area contributed by atoms with E-state index in [1.807, 2.05) is 0 Å². The zero-order valence-corrected chi connectivity index (χ0v) is 9.13. The number of hydrogen-bond acceptors (Lipinski definition) is 2. The van der Waals surface area contributed by atoms with E-state index in [1.54, 1.807) is 0 Å². The lowest BCUT2D eigenvalue weighted by atomic mass is 10.1. The molecule has 0 heterocycles. The highest BCUT2D eigenvalue weighted by Gasteiger charge is 2.31. The molecule has 12 heavy (non-hydrogen) atoms. The Morgan fingerprint density at radius 3 is 2.50 bits per heavy atom. The highest BCUT2D eigenvalue weighted by molar-refractivity contribution is 6.69. The fourth-order valence-corrected chi connectivity index (χ4v) is 2.86. The summed E-state index contributed by atoms with van der Waals surface area (Å²) in [6.07, 6.45) is 3.52. The standard InChI is InChI=1S/C9H17NOSi/c1-12(2,3)11-9-6-4-5-8(9)7-10/h8-9H,4-6H2,1-3H3/t8-,9+/m0/s1. The van der Waals surface area contributed by atoms with Crippen molar-refractivity contribution in [1.29, 1.82) is 5.26 Å². The number of hydrogen-bond donors (Lipinski definition) is 0. The summed E-state index contributed by atoms with van der Waals surface area (Å²) in [6.45, 7) is 6.54. The summed E-state index contributed by atoms with van der Waals surface area (Å²) < 4.78 is 5.92. The fraction of sp³-hybridized carbons (Fsp3) is 0.889. The van der Waals surface area contributed by atoms with Crippen LogP contribution in [-0.2, 0) is 4.43 Å². The van der Waals surface area contributed by atoms with Crippen LogP contribution >= 0.6 is 0 Å². The second-order valence-corrected chi connectivity index (χ2v) is 8.90. The Morgan fingerprint density at radius 1 is 1.33 bits per heavy atom. The van der Waals surface area contributed by atoms with Gasteiger partial charge in [0, 0.05) is 0 Å². The topological polar surface area (TPSA) is 33.0 Å². The van der Waals surface area contributed by atoms with Gasteiger partial charge in [0.15, 0.2) is 8.32 Å². The molecule has 3 heteroatoms. The smallest absolute Gasteiger partial charge is 0.184 e. The Morgan fingerprint density at radius 2 is 2.00 bits per heavy atom.